The van der Waals surface area contributed by atoms with Gasteiger partial charge >= 0.3 is 0 Å². The standard InChI is InChI=1S/C24H31FN6O/c1-6-26-24(29-16(2)13-22-17(3)30-31(5)18(22)4)28-15-19-11-12-27-23(14-19)32-21-9-7-20(25)8-10-21/h7-12,14,16H,6,13,15H2,1-5H3,(H2,26,28,29). The Morgan fingerprint density at radius 1 is 1.22 bits per heavy atom. The number of rotatable bonds is 8. The maximum Gasteiger partial charge on any atom is 0.219 e. The molecule has 0 radical (unpaired) electrons. The number of pyridine rings is 1. The maximum absolute atomic E-state index is 13.1. The third kappa shape index (κ3) is 6.29. The molecule has 2 heterocycles. The van der Waals surface area contributed by atoms with E-state index in [4.69, 9.17) is 9.73 Å². The molecule has 0 aliphatic rings. The lowest BCUT2D eigenvalue weighted by molar-refractivity contribution is 0.460. The summed E-state index contributed by atoms with van der Waals surface area (Å²) >= 11 is 0. The second kappa shape index (κ2) is 10.7. The Kier molecular flexibility index (Phi) is 7.81. The molecule has 3 aromatic rings. The van der Waals surface area contributed by atoms with Gasteiger partial charge in [-0.1, -0.05) is 0 Å². The first-order chi connectivity index (χ1) is 15.4. The van der Waals surface area contributed by atoms with E-state index >= 15 is 0 Å². The lowest BCUT2D eigenvalue weighted by Crippen LogP contribution is -2.43. The Labute approximate surface area is 188 Å². The second-order valence-corrected chi connectivity index (χ2v) is 7.78. The van der Waals surface area contributed by atoms with E-state index in [1.165, 1.54) is 23.4 Å². The summed E-state index contributed by atoms with van der Waals surface area (Å²) in [5, 5.41) is 11.3. The third-order valence-corrected chi connectivity index (χ3v) is 5.15. The normalized spacial score (nSPS) is 12.5. The van der Waals surface area contributed by atoms with Crippen molar-refractivity contribution in [3.05, 3.63) is 70.9 Å². The molecule has 1 atom stereocenters. The molecule has 0 saturated heterocycles. The number of ether oxygens (including phenoxy) is 1. The van der Waals surface area contributed by atoms with Crippen molar-refractivity contribution in [2.45, 2.75) is 46.7 Å². The highest BCUT2D eigenvalue weighted by Gasteiger charge is 2.14. The number of hydrogen-bond donors (Lipinski definition) is 2. The van der Waals surface area contributed by atoms with E-state index in [-0.39, 0.29) is 11.9 Å². The van der Waals surface area contributed by atoms with Crippen LogP contribution in [0, 0.1) is 19.7 Å². The molecule has 2 N–H and O–H groups in total. The number of halogens is 1. The summed E-state index contributed by atoms with van der Waals surface area (Å²) in [6.07, 6.45) is 2.54. The summed E-state index contributed by atoms with van der Waals surface area (Å²) in [7, 11) is 1.97. The van der Waals surface area contributed by atoms with Crippen molar-refractivity contribution in [1.82, 2.24) is 25.4 Å². The molecule has 0 aliphatic carbocycles. The Balaban J connectivity index is 1.64. The molecule has 7 nitrogen and oxygen atoms in total. The molecule has 2 aromatic heterocycles. The van der Waals surface area contributed by atoms with Crippen LogP contribution in [-0.4, -0.2) is 33.3 Å². The fraction of sp³-hybridized carbons (Fsp3) is 0.375. The fourth-order valence-electron chi connectivity index (χ4n) is 3.42. The van der Waals surface area contributed by atoms with Gasteiger partial charge in [-0.3, -0.25) is 4.68 Å². The van der Waals surface area contributed by atoms with Crippen molar-refractivity contribution in [3.8, 4) is 11.6 Å². The van der Waals surface area contributed by atoms with Gasteiger partial charge in [-0.2, -0.15) is 5.10 Å². The zero-order chi connectivity index (χ0) is 23.1. The molecule has 0 spiro atoms. The molecular formula is C24H31FN6O. The minimum atomic E-state index is -0.306. The van der Waals surface area contributed by atoms with Crippen LogP contribution in [0.4, 0.5) is 4.39 Å². The second-order valence-electron chi connectivity index (χ2n) is 7.78. The molecule has 1 unspecified atom stereocenters. The molecule has 32 heavy (non-hydrogen) atoms. The van der Waals surface area contributed by atoms with Crippen LogP contribution in [0.25, 0.3) is 0 Å². The molecule has 0 fully saturated rings. The van der Waals surface area contributed by atoms with Crippen LogP contribution in [0.2, 0.25) is 0 Å². The Morgan fingerprint density at radius 3 is 2.62 bits per heavy atom. The number of aryl methyl sites for hydroxylation is 2. The van der Waals surface area contributed by atoms with Crippen molar-refractivity contribution in [2.24, 2.45) is 12.0 Å². The fourth-order valence-corrected chi connectivity index (χ4v) is 3.42. The highest BCUT2D eigenvalue weighted by atomic mass is 19.1. The molecule has 0 bridgehead atoms. The lowest BCUT2D eigenvalue weighted by Gasteiger charge is -2.18. The van der Waals surface area contributed by atoms with Gasteiger partial charge in [-0.25, -0.2) is 14.4 Å². The monoisotopic (exact) mass is 438 g/mol. The lowest BCUT2D eigenvalue weighted by atomic mass is 10.1. The maximum atomic E-state index is 13.1. The van der Waals surface area contributed by atoms with E-state index in [1.807, 2.05) is 37.7 Å². The highest BCUT2D eigenvalue weighted by molar-refractivity contribution is 5.80. The summed E-state index contributed by atoms with van der Waals surface area (Å²) < 4.78 is 20.7. The van der Waals surface area contributed by atoms with E-state index < -0.39 is 0 Å². The number of aliphatic imine (C=N–C) groups is 1. The van der Waals surface area contributed by atoms with Gasteiger partial charge in [0, 0.05) is 37.6 Å². The zero-order valence-corrected chi connectivity index (χ0v) is 19.3. The Hall–Kier alpha value is -3.42. The first-order valence-corrected chi connectivity index (χ1v) is 10.8. The van der Waals surface area contributed by atoms with Crippen LogP contribution in [-0.2, 0) is 20.0 Å². The van der Waals surface area contributed by atoms with Crippen molar-refractivity contribution in [1.29, 1.82) is 0 Å². The number of aromatic nitrogens is 3. The first kappa shape index (κ1) is 23.2. The minimum absolute atomic E-state index is 0.184. The molecule has 0 amide bonds. The predicted octanol–water partition coefficient (Wildman–Crippen LogP) is 4.05. The molecule has 1 aromatic carbocycles. The average molecular weight is 439 g/mol. The van der Waals surface area contributed by atoms with Gasteiger partial charge in [0.25, 0.3) is 0 Å². The van der Waals surface area contributed by atoms with Crippen LogP contribution in [0.3, 0.4) is 0 Å². The largest absolute Gasteiger partial charge is 0.439 e. The Morgan fingerprint density at radius 2 is 1.97 bits per heavy atom. The third-order valence-electron chi connectivity index (χ3n) is 5.15. The van der Waals surface area contributed by atoms with Crippen molar-refractivity contribution in [2.75, 3.05) is 6.54 Å². The topological polar surface area (TPSA) is 76.4 Å². The molecule has 8 heteroatoms. The quantitative estimate of drug-likeness (QED) is 0.410. The minimum Gasteiger partial charge on any atom is -0.439 e. The number of nitrogens with one attached hydrogen (secondary N) is 2. The summed E-state index contributed by atoms with van der Waals surface area (Å²) in [6.45, 7) is 9.55. The van der Waals surface area contributed by atoms with Crippen LogP contribution in [0.1, 0.15) is 36.4 Å². The van der Waals surface area contributed by atoms with Gasteiger partial charge in [0.2, 0.25) is 5.88 Å². The van der Waals surface area contributed by atoms with E-state index in [2.05, 4.69) is 34.6 Å². The number of guanidine groups is 1. The average Bonchev–Trinajstić information content (AvgIpc) is 3.00. The van der Waals surface area contributed by atoms with Crippen molar-refractivity contribution >= 4 is 5.96 Å². The number of hydrogen-bond acceptors (Lipinski definition) is 4. The van der Waals surface area contributed by atoms with Gasteiger partial charge in [0.1, 0.15) is 11.6 Å². The summed E-state index contributed by atoms with van der Waals surface area (Å²) in [5.74, 6) is 1.42. The van der Waals surface area contributed by atoms with Crippen LogP contribution >= 0.6 is 0 Å². The number of benzene rings is 1. The highest BCUT2D eigenvalue weighted by Crippen LogP contribution is 2.20. The van der Waals surface area contributed by atoms with E-state index in [9.17, 15) is 4.39 Å². The predicted molar refractivity (Wildman–Crippen MR) is 125 cm³/mol. The first-order valence-electron chi connectivity index (χ1n) is 10.8. The Bertz CT molecular complexity index is 1060. The molecule has 3 rings (SSSR count). The van der Waals surface area contributed by atoms with E-state index in [0.29, 0.717) is 18.2 Å². The van der Waals surface area contributed by atoms with Crippen LogP contribution < -0.4 is 15.4 Å². The molecule has 0 saturated carbocycles. The van der Waals surface area contributed by atoms with Crippen LogP contribution in [0.15, 0.2) is 47.6 Å². The molecule has 170 valence electrons. The van der Waals surface area contributed by atoms with Gasteiger partial charge in [-0.15, -0.1) is 0 Å². The van der Waals surface area contributed by atoms with Gasteiger partial charge in [0.15, 0.2) is 5.96 Å². The number of nitrogens with zero attached hydrogens (tertiary/aromatic N) is 4. The summed E-state index contributed by atoms with van der Waals surface area (Å²) in [6, 6.07) is 9.77. The smallest absolute Gasteiger partial charge is 0.219 e. The molecular weight excluding hydrogens is 407 g/mol. The van der Waals surface area contributed by atoms with Crippen molar-refractivity contribution < 1.29 is 9.13 Å². The van der Waals surface area contributed by atoms with Gasteiger partial charge in [-0.05, 0) is 75.6 Å². The molecule has 0 aliphatic heterocycles. The van der Waals surface area contributed by atoms with E-state index in [1.54, 1.807) is 18.3 Å². The summed E-state index contributed by atoms with van der Waals surface area (Å²) in [4.78, 5) is 8.95. The summed E-state index contributed by atoms with van der Waals surface area (Å²) in [5.41, 5.74) is 4.47. The van der Waals surface area contributed by atoms with Gasteiger partial charge in [0.05, 0.1) is 12.2 Å². The zero-order valence-electron chi connectivity index (χ0n) is 19.3. The SMILES string of the molecule is CCNC(=NCc1ccnc(Oc2ccc(F)cc2)c1)NC(C)Cc1c(C)nn(C)c1C. The van der Waals surface area contributed by atoms with Crippen molar-refractivity contribution in [3.63, 3.8) is 0 Å². The van der Waals surface area contributed by atoms with E-state index in [0.717, 1.165) is 30.2 Å². The van der Waals surface area contributed by atoms with Gasteiger partial charge < -0.3 is 15.4 Å². The van der Waals surface area contributed by atoms with Crippen LogP contribution in [0.5, 0.6) is 11.6 Å².